The number of hydrogen-bond donors (Lipinski definition) is 1. The summed E-state index contributed by atoms with van der Waals surface area (Å²) in [5, 5.41) is 0. The topological polar surface area (TPSA) is 35.2 Å². The quantitative estimate of drug-likeness (QED) is 0.888. The summed E-state index contributed by atoms with van der Waals surface area (Å²) in [7, 11) is 1.78. The predicted molar refractivity (Wildman–Crippen MR) is 74.2 cm³/mol. The van der Waals surface area contributed by atoms with Gasteiger partial charge in [0, 0.05) is 12.0 Å². The van der Waals surface area contributed by atoms with Gasteiger partial charge in [0.15, 0.2) is 0 Å². The zero-order chi connectivity index (χ0) is 12.6. The lowest BCUT2D eigenvalue weighted by Gasteiger charge is -2.30. The zero-order valence-electron chi connectivity index (χ0n) is 11.3. The van der Waals surface area contributed by atoms with Crippen molar-refractivity contribution < 1.29 is 4.74 Å². The Labute approximate surface area is 110 Å². The number of hydrogen-bond acceptors (Lipinski definition) is 2. The van der Waals surface area contributed by atoms with E-state index < -0.39 is 0 Å². The molecular weight excluding hydrogens is 222 g/mol. The molecule has 2 N–H and O–H groups in total. The van der Waals surface area contributed by atoms with Gasteiger partial charge in [-0.25, -0.2) is 0 Å². The van der Waals surface area contributed by atoms with Crippen molar-refractivity contribution in [1.29, 1.82) is 0 Å². The van der Waals surface area contributed by atoms with Crippen molar-refractivity contribution in [2.45, 2.75) is 50.4 Å². The molecule has 0 bridgehead atoms. The molecule has 1 aromatic carbocycles. The van der Waals surface area contributed by atoms with Gasteiger partial charge in [-0.1, -0.05) is 18.9 Å². The lowest BCUT2D eigenvalue weighted by Crippen LogP contribution is -2.33. The second kappa shape index (κ2) is 4.58. The van der Waals surface area contributed by atoms with Crippen molar-refractivity contribution >= 4 is 0 Å². The molecule has 2 heteroatoms. The molecule has 1 fully saturated rings. The molecule has 0 aromatic heterocycles. The third kappa shape index (κ3) is 1.66. The summed E-state index contributed by atoms with van der Waals surface area (Å²) in [5.41, 5.74) is 10.9. The molecule has 2 aliphatic carbocycles. The van der Waals surface area contributed by atoms with Crippen LogP contribution in [0, 0.1) is 0 Å². The van der Waals surface area contributed by atoms with Crippen molar-refractivity contribution in [2.24, 2.45) is 5.73 Å². The molecular formula is C16H23NO. The second-order valence-electron chi connectivity index (χ2n) is 5.82. The van der Waals surface area contributed by atoms with Crippen LogP contribution in [0.1, 0.15) is 48.8 Å². The normalized spacial score (nSPS) is 21.0. The van der Waals surface area contributed by atoms with Crippen LogP contribution in [0.25, 0.3) is 0 Å². The largest absolute Gasteiger partial charge is 0.496 e. The van der Waals surface area contributed by atoms with Gasteiger partial charge in [-0.15, -0.1) is 0 Å². The van der Waals surface area contributed by atoms with Gasteiger partial charge in [0.2, 0.25) is 0 Å². The first kappa shape index (κ1) is 12.0. The molecule has 2 nitrogen and oxygen atoms in total. The molecule has 0 saturated heterocycles. The predicted octanol–water partition coefficient (Wildman–Crippen LogP) is 2.95. The number of rotatable bonds is 3. The van der Waals surface area contributed by atoms with Crippen LogP contribution in [0.2, 0.25) is 0 Å². The van der Waals surface area contributed by atoms with E-state index in [1.54, 1.807) is 12.7 Å². The zero-order valence-corrected chi connectivity index (χ0v) is 11.3. The molecule has 0 aliphatic heterocycles. The van der Waals surface area contributed by atoms with E-state index in [9.17, 15) is 0 Å². The van der Waals surface area contributed by atoms with Crippen LogP contribution >= 0.6 is 0 Å². The third-order valence-corrected chi connectivity index (χ3v) is 4.98. The molecule has 2 aliphatic rings. The summed E-state index contributed by atoms with van der Waals surface area (Å²) >= 11 is 0. The Balaban J connectivity index is 2.10. The maximum Gasteiger partial charge on any atom is 0.122 e. The first-order valence-electron chi connectivity index (χ1n) is 7.20. The van der Waals surface area contributed by atoms with E-state index in [2.05, 4.69) is 12.1 Å². The standard InChI is InChI=1S/C16H23NO/c1-18-15-8-7-14(12-5-4-6-13(12)15)16(11-17)9-2-3-10-16/h7-8H,2-6,9-11,17H2,1H3. The van der Waals surface area contributed by atoms with Gasteiger partial charge in [0.1, 0.15) is 5.75 Å². The summed E-state index contributed by atoms with van der Waals surface area (Å²) in [6, 6.07) is 4.45. The highest BCUT2D eigenvalue weighted by molar-refractivity contribution is 5.51. The van der Waals surface area contributed by atoms with Crippen LogP contribution in [0.5, 0.6) is 5.75 Å². The maximum absolute atomic E-state index is 6.13. The van der Waals surface area contributed by atoms with E-state index in [4.69, 9.17) is 10.5 Å². The molecule has 3 rings (SSSR count). The Morgan fingerprint density at radius 1 is 1.11 bits per heavy atom. The number of benzene rings is 1. The molecule has 1 saturated carbocycles. The van der Waals surface area contributed by atoms with Crippen LogP contribution in [0.15, 0.2) is 12.1 Å². The van der Waals surface area contributed by atoms with Crippen molar-refractivity contribution in [3.05, 3.63) is 28.8 Å². The first-order chi connectivity index (χ1) is 8.80. The maximum atomic E-state index is 6.13. The smallest absolute Gasteiger partial charge is 0.122 e. The van der Waals surface area contributed by atoms with Crippen LogP contribution < -0.4 is 10.5 Å². The average Bonchev–Trinajstić information content (AvgIpc) is 3.07. The summed E-state index contributed by atoms with van der Waals surface area (Å²) in [4.78, 5) is 0. The second-order valence-corrected chi connectivity index (χ2v) is 5.82. The highest BCUT2D eigenvalue weighted by Gasteiger charge is 2.37. The fraction of sp³-hybridized carbons (Fsp3) is 0.625. The minimum absolute atomic E-state index is 0.265. The Morgan fingerprint density at radius 3 is 2.50 bits per heavy atom. The van der Waals surface area contributed by atoms with E-state index in [-0.39, 0.29) is 5.41 Å². The lowest BCUT2D eigenvalue weighted by molar-refractivity contribution is 0.407. The molecule has 0 heterocycles. The number of methoxy groups -OCH3 is 1. The Bertz CT molecular complexity index is 447. The van der Waals surface area contributed by atoms with Gasteiger partial charge in [0.25, 0.3) is 0 Å². The van der Waals surface area contributed by atoms with E-state index in [1.165, 1.54) is 56.1 Å². The molecule has 18 heavy (non-hydrogen) atoms. The molecule has 0 radical (unpaired) electrons. The van der Waals surface area contributed by atoms with Crippen molar-refractivity contribution in [2.75, 3.05) is 13.7 Å². The minimum Gasteiger partial charge on any atom is -0.496 e. The first-order valence-corrected chi connectivity index (χ1v) is 7.20. The molecule has 1 aromatic rings. The molecule has 0 atom stereocenters. The Kier molecular flexibility index (Phi) is 3.06. The number of nitrogens with two attached hydrogens (primary N) is 1. The third-order valence-electron chi connectivity index (χ3n) is 4.98. The number of ether oxygens (including phenoxy) is 1. The van der Waals surface area contributed by atoms with E-state index >= 15 is 0 Å². The summed E-state index contributed by atoms with van der Waals surface area (Å²) in [5.74, 6) is 1.08. The van der Waals surface area contributed by atoms with Crippen LogP contribution in [0.3, 0.4) is 0 Å². The lowest BCUT2D eigenvalue weighted by atomic mass is 9.76. The summed E-state index contributed by atoms with van der Waals surface area (Å²) < 4.78 is 5.51. The highest BCUT2D eigenvalue weighted by atomic mass is 16.5. The van der Waals surface area contributed by atoms with E-state index in [0.717, 1.165) is 12.3 Å². The van der Waals surface area contributed by atoms with Gasteiger partial charge < -0.3 is 10.5 Å². The summed E-state index contributed by atoms with van der Waals surface area (Å²) in [6.07, 6.45) is 8.85. The van der Waals surface area contributed by atoms with Crippen LogP contribution in [0.4, 0.5) is 0 Å². The van der Waals surface area contributed by atoms with E-state index in [1.807, 2.05) is 0 Å². The summed E-state index contributed by atoms with van der Waals surface area (Å²) in [6.45, 7) is 0.797. The Morgan fingerprint density at radius 2 is 1.83 bits per heavy atom. The SMILES string of the molecule is COc1ccc(C2(CN)CCCC2)c2c1CCC2. The Hall–Kier alpha value is -1.02. The van der Waals surface area contributed by atoms with Gasteiger partial charge in [-0.3, -0.25) is 0 Å². The average molecular weight is 245 g/mol. The molecule has 0 amide bonds. The fourth-order valence-electron chi connectivity index (χ4n) is 4.00. The van der Waals surface area contributed by atoms with Crippen molar-refractivity contribution in [1.82, 2.24) is 0 Å². The fourth-order valence-corrected chi connectivity index (χ4v) is 4.00. The van der Waals surface area contributed by atoms with Crippen LogP contribution in [-0.2, 0) is 18.3 Å². The molecule has 0 unspecified atom stereocenters. The van der Waals surface area contributed by atoms with E-state index in [0.29, 0.717) is 0 Å². The number of fused-ring (bicyclic) bond motifs is 1. The monoisotopic (exact) mass is 245 g/mol. The minimum atomic E-state index is 0.265. The van der Waals surface area contributed by atoms with Crippen LogP contribution in [-0.4, -0.2) is 13.7 Å². The van der Waals surface area contributed by atoms with Gasteiger partial charge in [-0.05, 0) is 54.9 Å². The van der Waals surface area contributed by atoms with Crippen molar-refractivity contribution in [3.63, 3.8) is 0 Å². The highest BCUT2D eigenvalue weighted by Crippen LogP contribution is 2.45. The molecule has 0 spiro atoms. The van der Waals surface area contributed by atoms with Gasteiger partial charge in [-0.2, -0.15) is 0 Å². The van der Waals surface area contributed by atoms with Gasteiger partial charge in [0.05, 0.1) is 7.11 Å². The molecule has 98 valence electrons. The van der Waals surface area contributed by atoms with Gasteiger partial charge >= 0.3 is 0 Å². The van der Waals surface area contributed by atoms with Crippen molar-refractivity contribution in [3.8, 4) is 5.75 Å².